The maximum Gasteiger partial charge on any atom is 0.313 e. The van der Waals surface area contributed by atoms with E-state index in [1.54, 1.807) is 0 Å². The Morgan fingerprint density at radius 2 is 1.88 bits per heavy atom. The number of rotatable bonds is 9. The molecule has 3 heterocycles. The molecule has 2 aliphatic rings. The number of benzene rings is 1. The number of hydrogen-bond donors (Lipinski definition) is 0. The first kappa shape index (κ1) is 23.7. The van der Waals surface area contributed by atoms with Crippen LogP contribution >= 0.6 is 0 Å². The molecule has 6 nitrogen and oxygen atoms in total. The van der Waals surface area contributed by atoms with E-state index in [1.165, 1.54) is 0 Å². The number of nitrogens with zero attached hydrogens (tertiary/aromatic N) is 3. The number of ether oxygens (including phenoxy) is 2. The standard InChI is InChI=1S/C27H37N3O3/c1-2-32-26(31)27(15-20-33-25-10-4-3-5-11-25)14-8-17-30(22-27)24-12-18-29(19-13-24)21-23-9-6-7-16-28-23/h3-7,9-11,16,24H,2,8,12-15,17-22H2,1H3/t27-/m1/s1. The molecular formula is C27H37N3O3. The predicted molar refractivity (Wildman–Crippen MR) is 129 cm³/mol. The van der Waals surface area contributed by atoms with E-state index in [2.05, 4.69) is 26.9 Å². The van der Waals surface area contributed by atoms with Crippen molar-refractivity contribution in [3.05, 3.63) is 60.4 Å². The van der Waals surface area contributed by atoms with Crippen molar-refractivity contribution in [1.82, 2.24) is 14.8 Å². The first-order valence-corrected chi connectivity index (χ1v) is 12.4. The van der Waals surface area contributed by atoms with Crippen molar-refractivity contribution in [3.8, 4) is 5.75 Å². The zero-order chi connectivity index (χ0) is 22.9. The van der Waals surface area contributed by atoms with Gasteiger partial charge in [0, 0.05) is 38.4 Å². The van der Waals surface area contributed by atoms with Crippen molar-refractivity contribution in [2.75, 3.05) is 39.4 Å². The molecule has 2 aromatic rings. The van der Waals surface area contributed by atoms with Crippen LogP contribution in [-0.4, -0.2) is 66.2 Å². The Balaban J connectivity index is 1.34. The normalized spacial score (nSPS) is 22.7. The fraction of sp³-hybridized carbons (Fsp3) is 0.556. The summed E-state index contributed by atoms with van der Waals surface area (Å²) in [5.41, 5.74) is 0.655. The van der Waals surface area contributed by atoms with E-state index in [0.29, 0.717) is 25.7 Å². The topological polar surface area (TPSA) is 54.9 Å². The Bertz CT molecular complexity index is 855. The number of likely N-dealkylation sites (tertiary alicyclic amines) is 2. The highest BCUT2D eigenvalue weighted by Crippen LogP contribution is 2.37. The van der Waals surface area contributed by atoms with Gasteiger partial charge in [-0.1, -0.05) is 24.3 Å². The van der Waals surface area contributed by atoms with Crippen LogP contribution in [0.1, 0.15) is 44.7 Å². The molecule has 0 bridgehead atoms. The molecule has 6 heteroatoms. The van der Waals surface area contributed by atoms with Gasteiger partial charge in [-0.2, -0.15) is 0 Å². The Morgan fingerprint density at radius 3 is 2.61 bits per heavy atom. The molecule has 2 fully saturated rings. The van der Waals surface area contributed by atoms with Gasteiger partial charge in [-0.05, 0) is 69.8 Å². The lowest BCUT2D eigenvalue weighted by Crippen LogP contribution is -2.54. The van der Waals surface area contributed by atoms with E-state index >= 15 is 0 Å². The molecule has 33 heavy (non-hydrogen) atoms. The molecule has 4 rings (SSSR count). The molecule has 178 valence electrons. The van der Waals surface area contributed by atoms with Crippen LogP contribution in [0.25, 0.3) is 0 Å². The molecule has 0 unspecified atom stereocenters. The highest BCUT2D eigenvalue weighted by Gasteiger charge is 2.45. The molecule has 0 spiro atoms. The first-order chi connectivity index (χ1) is 16.2. The quantitative estimate of drug-likeness (QED) is 0.534. The number of pyridine rings is 1. The molecule has 1 aromatic heterocycles. The molecular weight excluding hydrogens is 414 g/mol. The van der Waals surface area contributed by atoms with Crippen molar-refractivity contribution >= 4 is 5.97 Å². The fourth-order valence-corrected chi connectivity index (χ4v) is 5.28. The number of piperidine rings is 2. The molecule has 0 amide bonds. The molecule has 0 radical (unpaired) electrons. The van der Waals surface area contributed by atoms with Gasteiger partial charge in [0.2, 0.25) is 0 Å². The van der Waals surface area contributed by atoms with Gasteiger partial charge in [0.25, 0.3) is 0 Å². The molecule has 1 atom stereocenters. The third-order valence-electron chi connectivity index (χ3n) is 7.09. The monoisotopic (exact) mass is 451 g/mol. The number of carbonyl (C=O) groups excluding carboxylic acids is 1. The van der Waals surface area contributed by atoms with Gasteiger partial charge in [-0.3, -0.25) is 19.6 Å². The minimum Gasteiger partial charge on any atom is -0.494 e. The highest BCUT2D eigenvalue weighted by molar-refractivity contribution is 5.77. The molecule has 0 saturated carbocycles. The summed E-state index contributed by atoms with van der Waals surface area (Å²) in [5, 5.41) is 0. The zero-order valence-corrected chi connectivity index (χ0v) is 19.8. The second kappa shape index (κ2) is 11.6. The minimum atomic E-state index is -0.478. The summed E-state index contributed by atoms with van der Waals surface area (Å²) in [4.78, 5) is 22.7. The largest absolute Gasteiger partial charge is 0.494 e. The van der Waals surface area contributed by atoms with Crippen molar-refractivity contribution < 1.29 is 14.3 Å². The second-order valence-corrected chi connectivity index (χ2v) is 9.31. The van der Waals surface area contributed by atoms with Gasteiger partial charge < -0.3 is 9.47 Å². The van der Waals surface area contributed by atoms with Gasteiger partial charge in [0.1, 0.15) is 5.75 Å². The summed E-state index contributed by atoms with van der Waals surface area (Å²) in [6, 6.07) is 16.5. The average molecular weight is 452 g/mol. The first-order valence-electron chi connectivity index (χ1n) is 12.4. The van der Waals surface area contributed by atoms with Crippen molar-refractivity contribution in [2.24, 2.45) is 5.41 Å². The number of hydrogen-bond acceptors (Lipinski definition) is 6. The number of aromatic nitrogens is 1. The van der Waals surface area contributed by atoms with Crippen molar-refractivity contribution in [3.63, 3.8) is 0 Å². The van der Waals surface area contributed by atoms with Gasteiger partial charge in [-0.15, -0.1) is 0 Å². The fourth-order valence-electron chi connectivity index (χ4n) is 5.28. The Kier molecular flexibility index (Phi) is 8.35. The summed E-state index contributed by atoms with van der Waals surface area (Å²) in [7, 11) is 0. The Morgan fingerprint density at radius 1 is 1.09 bits per heavy atom. The maximum absolute atomic E-state index is 13.1. The summed E-state index contributed by atoms with van der Waals surface area (Å²) in [5.74, 6) is 0.795. The van der Waals surface area contributed by atoms with Gasteiger partial charge in [0.15, 0.2) is 0 Å². The number of para-hydroxylation sites is 1. The van der Waals surface area contributed by atoms with Crippen LogP contribution in [0.3, 0.4) is 0 Å². The lowest BCUT2D eigenvalue weighted by Gasteiger charge is -2.46. The van der Waals surface area contributed by atoms with E-state index in [9.17, 15) is 4.79 Å². The van der Waals surface area contributed by atoms with Crippen LogP contribution < -0.4 is 4.74 Å². The van der Waals surface area contributed by atoms with Crippen LogP contribution in [-0.2, 0) is 16.1 Å². The van der Waals surface area contributed by atoms with Gasteiger partial charge in [-0.25, -0.2) is 0 Å². The Labute approximate surface area is 197 Å². The molecule has 2 aliphatic heterocycles. The number of carbonyl (C=O) groups is 1. The third-order valence-corrected chi connectivity index (χ3v) is 7.09. The third kappa shape index (κ3) is 6.33. The predicted octanol–water partition coefficient (Wildman–Crippen LogP) is 4.16. The SMILES string of the molecule is CCOC(=O)[C@@]1(CCOc2ccccc2)CCCN(C2CCN(Cc3ccccn3)CC2)C1. The number of esters is 1. The van der Waals surface area contributed by atoms with Crippen LogP contribution in [0.5, 0.6) is 5.75 Å². The Hall–Kier alpha value is -2.44. The summed E-state index contributed by atoms with van der Waals surface area (Å²) in [6.45, 7) is 7.73. The highest BCUT2D eigenvalue weighted by atomic mass is 16.5. The lowest BCUT2D eigenvalue weighted by atomic mass is 9.76. The lowest BCUT2D eigenvalue weighted by molar-refractivity contribution is -0.161. The van der Waals surface area contributed by atoms with E-state index < -0.39 is 5.41 Å². The van der Waals surface area contributed by atoms with Crippen LogP contribution in [0, 0.1) is 5.41 Å². The van der Waals surface area contributed by atoms with Crippen LogP contribution in [0.2, 0.25) is 0 Å². The van der Waals surface area contributed by atoms with E-state index in [4.69, 9.17) is 9.47 Å². The van der Waals surface area contributed by atoms with Crippen molar-refractivity contribution in [2.45, 2.75) is 51.6 Å². The smallest absolute Gasteiger partial charge is 0.313 e. The van der Waals surface area contributed by atoms with Gasteiger partial charge >= 0.3 is 5.97 Å². The summed E-state index contributed by atoms with van der Waals surface area (Å²) in [6.07, 6.45) is 6.72. The van der Waals surface area contributed by atoms with Crippen molar-refractivity contribution in [1.29, 1.82) is 0 Å². The molecule has 2 saturated heterocycles. The molecule has 0 aliphatic carbocycles. The maximum atomic E-state index is 13.1. The van der Waals surface area contributed by atoms with E-state index in [-0.39, 0.29) is 5.97 Å². The van der Waals surface area contributed by atoms with Crippen LogP contribution in [0.4, 0.5) is 0 Å². The molecule has 0 N–H and O–H groups in total. The summed E-state index contributed by atoms with van der Waals surface area (Å²) < 4.78 is 11.5. The average Bonchev–Trinajstić information content (AvgIpc) is 2.86. The zero-order valence-electron chi connectivity index (χ0n) is 19.8. The van der Waals surface area contributed by atoms with E-state index in [0.717, 1.165) is 69.9 Å². The minimum absolute atomic E-state index is 0.0565. The second-order valence-electron chi connectivity index (χ2n) is 9.31. The van der Waals surface area contributed by atoms with Gasteiger partial charge in [0.05, 0.1) is 24.3 Å². The van der Waals surface area contributed by atoms with E-state index in [1.807, 2.05) is 49.5 Å². The summed E-state index contributed by atoms with van der Waals surface area (Å²) >= 11 is 0. The molecule has 1 aromatic carbocycles. The van der Waals surface area contributed by atoms with Crippen LogP contribution in [0.15, 0.2) is 54.7 Å².